The highest BCUT2D eigenvalue weighted by atomic mass is 32.2. The van der Waals surface area contributed by atoms with E-state index in [-0.39, 0.29) is 30.8 Å². The summed E-state index contributed by atoms with van der Waals surface area (Å²) in [6, 6.07) is 0. The third-order valence-electron chi connectivity index (χ3n) is 2.24. The van der Waals surface area contributed by atoms with Crippen LogP contribution >= 0.6 is 11.3 Å². The van der Waals surface area contributed by atoms with E-state index in [1.807, 2.05) is 0 Å². The second-order valence-corrected chi connectivity index (χ2v) is 6.62. The molecule has 1 heterocycles. The number of aromatic carboxylic acids is 1. The molecule has 0 saturated carbocycles. The van der Waals surface area contributed by atoms with Crippen LogP contribution in [0.15, 0.2) is 5.38 Å². The molecule has 0 fully saturated rings. The zero-order valence-electron chi connectivity index (χ0n) is 10.7. The SMILES string of the molecule is COC(=O)CCCS(=O)(=O)NCc1nc(C(=O)O)cs1. The van der Waals surface area contributed by atoms with E-state index in [2.05, 4.69) is 14.4 Å². The quantitative estimate of drug-likeness (QED) is 0.656. The maximum absolute atomic E-state index is 11.6. The first-order valence-corrected chi connectivity index (χ1v) is 8.09. The number of nitrogens with one attached hydrogen (secondary N) is 1. The summed E-state index contributed by atoms with van der Waals surface area (Å²) in [5.41, 5.74) is -0.116. The predicted molar refractivity (Wildman–Crippen MR) is 70.9 cm³/mol. The van der Waals surface area contributed by atoms with Crippen molar-refractivity contribution >= 4 is 33.3 Å². The summed E-state index contributed by atoms with van der Waals surface area (Å²) in [4.78, 5) is 25.2. The molecule has 0 saturated heterocycles. The summed E-state index contributed by atoms with van der Waals surface area (Å²) in [6.45, 7) is -0.0709. The van der Waals surface area contributed by atoms with Crippen LogP contribution in [0.3, 0.4) is 0 Å². The molecule has 0 amide bonds. The predicted octanol–water partition coefficient (Wildman–Crippen LogP) is 0.214. The summed E-state index contributed by atoms with van der Waals surface area (Å²) < 4.78 is 29.9. The Kier molecular flexibility index (Phi) is 6.05. The summed E-state index contributed by atoms with van der Waals surface area (Å²) in [5.74, 6) is -1.83. The van der Waals surface area contributed by atoms with Gasteiger partial charge in [0.15, 0.2) is 5.69 Å². The van der Waals surface area contributed by atoms with Crippen molar-refractivity contribution in [3.05, 3.63) is 16.1 Å². The lowest BCUT2D eigenvalue weighted by Crippen LogP contribution is -2.26. The van der Waals surface area contributed by atoms with Gasteiger partial charge in [0.2, 0.25) is 10.0 Å². The Morgan fingerprint density at radius 1 is 1.50 bits per heavy atom. The van der Waals surface area contributed by atoms with Crippen LogP contribution < -0.4 is 4.72 Å². The van der Waals surface area contributed by atoms with E-state index in [0.717, 1.165) is 11.3 Å². The molecule has 0 spiro atoms. The fourth-order valence-electron chi connectivity index (χ4n) is 1.24. The molecule has 8 nitrogen and oxygen atoms in total. The molecule has 1 rings (SSSR count). The monoisotopic (exact) mass is 322 g/mol. The largest absolute Gasteiger partial charge is 0.476 e. The highest BCUT2D eigenvalue weighted by Crippen LogP contribution is 2.10. The number of nitrogens with zero attached hydrogens (tertiary/aromatic N) is 1. The second kappa shape index (κ2) is 7.31. The van der Waals surface area contributed by atoms with Gasteiger partial charge in [-0.05, 0) is 6.42 Å². The first-order chi connectivity index (χ1) is 9.34. The summed E-state index contributed by atoms with van der Waals surface area (Å²) >= 11 is 1.06. The van der Waals surface area contributed by atoms with Crippen LogP contribution in [0, 0.1) is 0 Å². The minimum absolute atomic E-state index is 0.0256. The highest BCUT2D eigenvalue weighted by Gasteiger charge is 2.14. The van der Waals surface area contributed by atoms with Crippen molar-refractivity contribution in [2.24, 2.45) is 0 Å². The Morgan fingerprint density at radius 2 is 2.20 bits per heavy atom. The Morgan fingerprint density at radius 3 is 2.75 bits per heavy atom. The van der Waals surface area contributed by atoms with Crippen molar-refractivity contribution in [3.8, 4) is 0 Å². The summed E-state index contributed by atoms with van der Waals surface area (Å²) in [7, 11) is -2.30. The molecular formula is C10H14N2O6S2. The summed E-state index contributed by atoms with van der Waals surface area (Å²) in [6.07, 6.45) is 0.179. The van der Waals surface area contributed by atoms with E-state index in [9.17, 15) is 18.0 Å². The Bertz CT molecular complexity index is 580. The molecule has 1 aromatic rings. The van der Waals surface area contributed by atoms with E-state index in [1.165, 1.54) is 12.5 Å². The molecule has 0 aliphatic rings. The molecule has 0 unspecified atom stereocenters. The molecule has 2 N–H and O–H groups in total. The van der Waals surface area contributed by atoms with Crippen molar-refractivity contribution in [1.82, 2.24) is 9.71 Å². The Hall–Kier alpha value is -1.52. The number of rotatable bonds is 8. The van der Waals surface area contributed by atoms with Gasteiger partial charge in [-0.15, -0.1) is 11.3 Å². The Balaban J connectivity index is 2.42. The first kappa shape index (κ1) is 16.5. The molecule has 1 aromatic heterocycles. The number of esters is 1. The van der Waals surface area contributed by atoms with Gasteiger partial charge in [0.1, 0.15) is 5.01 Å². The van der Waals surface area contributed by atoms with Gasteiger partial charge in [-0.3, -0.25) is 4.79 Å². The molecule has 0 bridgehead atoms. The smallest absolute Gasteiger partial charge is 0.355 e. The van der Waals surface area contributed by atoms with Gasteiger partial charge in [-0.2, -0.15) is 0 Å². The second-order valence-electron chi connectivity index (χ2n) is 3.75. The van der Waals surface area contributed by atoms with Gasteiger partial charge in [0, 0.05) is 11.8 Å². The van der Waals surface area contributed by atoms with Gasteiger partial charge >= 0.3 is 11.9 Å². The van der Waals surface area contributed by atoms with E-state index in [1.54, 1.807) is 0 Å². The number of aromatic nitrogens is 1. The lowest BCUT2D eigenvalue weighted by Gasteiger charge is -2.04. The van der Waals surface area contributed by atoms with Gasteiger partial charge in [-0.25, -0.2) is 22.9 Å². The van der Waals surface area contributed by atoms with Gasteiger partial charge in [0.05, 0.1) is 19.4 Å². The number of methoxy groups -OCH3 is 1. The molecule has 0 aliphatic heterocycles. The molecule has 20 heavy (non-hydrogen) atoms. The third-order valence-corrected chi connectivity index (χ3v) is 4.49. The van der Waals surface area contributed by atoms with Gasteiger partial charge < -0.3 is 9.84 Å². The first-order valence-electron chi connectivity index (χ1n) is 5.56. The number of hydrogen-bond donors (Lipinski definition) is 2. The zero-order valence-corrected chi connectivity index (χ0v) is 12.3. The molecular weight excluding hydrogens is 308 g/mol. The Labute approximate surface area is 119 Å². The minimum atomic E-state index is -3.53. The lowest BCUT2D eigenvalue weighted by atomic mass is 10.3. The molecule has 0 aliphatic carbocycles. The number of carbonyl (C=O) groups is 2. The maximum atomic E-state index is 11.6. The third kappa shape index (κ3) is 5.63. The molecule has 112 valence electrons. The van der Waals surface area contributed by atoms with E-state index >= 15 is 0 Å². The molecule has 10 heteroatoms. The molecule has 0 radical (unpaired) electrons. The fourth-order valence-corrected chi connectivity index (χ4v) is 3.07. The minimum Gasteiger partial charge on any atom is -0.476 e. The van der Waals surface area contributed by atoms with Crippen molar-refractivity contribution in [2.75, 3.05) is 12.9 Å². The maximum Gasteiger partial charge on any atom is 0.355 e. The van der Waals surface area contributed by atoms with Crippen LogP contribution in [0.4, 0.5) is 0 Å². The van der Waals surface area contributed by atoms with Crippen molar-refractivity contribution < 1.29 is 27.9 Å². The van der Waals surface area contributed by atoms with Gasteiger partial charge in [0.25, 0.3) is 0 Å². The lowest BCUT2D eigenvalue weighted by molar-refractivity contribution is -0.140. The average Bonchev–Trinajstić information content (AvgIpc) is 2.85. The summed E-state index contributed by atoms with van der Waals surface area (Å²) in [5, 5.41) is 10.4. The number of carboxylic acids is 1. The highest BCUT2D eigenvalue weighted by molar-refractivity contribution is 7.89. The number of thiazole rings is 1. The van der Waals surface area contributed by atoms with Crippen molar-refractivity contribution in [2.45, 2.75) is 19.4 Å². The number of hydrogen-bond acceptors (Lipinski definition) is 7. The van der Waals surface area contributed by atoms with Crippen molar-refractivity contribution in [1.29, 1.82) is 0 Å². The standard InChI is InChI=1S/C10H14N2O6S2/c1-18-9(13)3-2-4-20(16,17)11-5-8-12-7(6-19-8)10(14)15/h6,11H,2-5H2,1H3,(H,14,15). The number of ether oxygens (including phenoxy) is 1. The topological polar surface area (TPSA) is 123 Å². The van der Waals surface area contributed by atoms with Crippen molar-refractivity contribution in [3.63, 3.8) is 0 Å². The van der Waals surface area contributed by atoms with E-state index < -0.39 is 22.0 Å². The average molecular weight is 322 g/mol. The van der Waals surface area contributed by atoms with Crippen LogP contribution in [0.25, 0.3) is 0 Å². The zero-order chi connectivity index (χ0) is 15.2. The fraction of sp³-hybridized carbons (Fsp3) is 0.500. The molecule has 0 aromatic carbocycles. The normalized spacial score (nSPS) is 11.2. The number of carboxylic acid groups (broad SMARTS) is 1. The van der Waals surface area contributed by atoms with Crippen LogP contribution in [0.5, 0.6) is 0 Å². The number of carbonyl (C=O) groups excluding carboxylic acids is 1. The number of sulfonamides is 1. The molecule has 0 atom stereocenters. The van der Waals surface area contributed by atoms with E-state index in [0.29, 0.717) is 5.01 Å². The van der Waals surface area contributed by atoms with Crippen LogP contribution in [0.1, 0.15) is 28.3 Å². The van der Waals surface area contributed by atoms with Crippen LogP contribution in [0.2, 0.25) is 0 Å². The van der Waals surface area contributed by atoms with Crippen LogP contribution in [-0.4, -0.2) is 43.3 Å². The van der Waals surface area contributed by atoms with Crippen LogP contribution in [-0.2, 0) is 26.1 Å². The van der Waals surface area contributed by atoms with Gasteiger partial charge in [-0.1, -0.05) is 0 Å². The van der Waals surface area contributed by atoms with E-state index in [4.69, 9.17) is 5.11 Å².